The Balaban J connectivity index is 2.02. The zero-order valence-electron chi connectivity index (χ0n) is 13.1. The molecule has 0 bridgehead atoms. The maximum atomic E-state index is 12.6. The third-order valence-electron chi connectivity index (χ3n) is 4.29. The molecule has 1 aliphatic heterocycles. The summed E-state index contributed by atoms with van der Waals surface area (Å²) in [6.45, 7) is 8.06. The van der Waals surface area contributed by atoms with Crippen LogP contribution in [0.2, 0.25) is 0 Å². The van der Waals surface area contributed by atoms with Crippen LogP contribution in [-0.4, -0.2) is 30.4 Å². The molecule has 1 aliphatic rings. The Morgan fingerprint density at radius 1 is 1.35 bits per heavy atom. The first-order chi connectivity index (χ1) is 9.40. The van der Waals surface area contributed by atoms with Gasteiger partial charge in [-0.1, -0.05) is 43.7 Å². The molecule has 2 rings (SSSR count). The highest BCUT2D eigenvalue weighted by molar-refractivity contribution is 5.82. The molecule has 1 heterocycles. The van der Waals surface area contributed by atoms with Crippen molar-refractivity contribution < 1.29 is 4.79 Å². The van der Waals surface area contributed by atoms with Crippen LogP contribution in [-0.2, 0) is 11.3 Å². The van der Waals surface area contributed by atoms with E-state index in [0.717, 1.165) is 19.4 Å². The first-order valence-corrected chi connectivity index (χ1v) is 7.44. The molecule has 3 nitrogen and oxygen atoms in total. The number of amides is 1. The predicted molar refractivity (Wildman–Crippen MR) is 82.5 cm³/mol. The number of carbonyl (C=O) groups excluding carboxylic acids is 1. The second kappa shape index (κ2) is 5.96. The Morgan fingerprint density at radius 3 is 2.60 bits per heavy atom. The van der Waals surface area contributed by atoms with Gasteiger partial charge in [-0.05, 0) is 37.3 Å². The average Bonchev–Trinajstić information content (AvgIpc) is 2.40. The summed E-state index contributed by atoms with van der Waals surface area (Å²) in [5.41, 5.74) is 2.47. The summed E-state index contributed by atoms with van der Waals surface area (Å²) in [6, 6.07) is 8.32. The molecule has 110 valence electrons. The van der Waals surface area contributed by atoms with Gasteiger partial charge in [0, 0.05) is 13.6 Å². The molecular weight excluding hydrogens is 248 g/mol. The number of carbonyl (C=O) groups is 1. The van der Waals surface area contributed by atoms with Crippen LogP contribution in [0.3, 0.4) is 0 Å². The summed E-state index contributed by atoms with van der Waals surface area (Å²) in [5, 5.41) is 3.39. The molecule has 3 heteroatoms. The summed E-state index contributed by atoms with van der Waals surface area (Å²) in [7, 11) is 1.90. The number of benzene rings is 1. The van der Waals surface area contributed by atoms with E-state index >= 15 is 0 Å². The molecule has 20 heavy (non-hydrogen) atoms. The largest absolute Gasteiger partial charge is 0.340 e. The number of nitrogens with one attached hydrogen (secondary N) is 1. The van der Waals surface area contributed by atoms with Crippen LogP contribution in [0.5, 0.6) is 0 Å². The minimum absolute atomic E-state index is 0.0386. The summed E-state index contributed by atoms with van der Waals surface area (Å²) < 4.78 is 0. The van der Waals surface area contributed by atoms with Gasteiger partial charge in [0.2, 0.25) is 5.91 Å². The Hall–Kier alpha value is -1.35. The van der Waals surface area contributed by atoms with Gasteiger partial charge in [-0.15, -0.1) is 0 Å². The van der Waals surface area contributed by atoms with E-state index in [1.54, 1.807) is 0 Å². The van der Waals surface area contributed by atoms with Gasteiger partial charge in [-0.25, -0.2) is 0 Å². The summed E-state index contributed by atoms with van der Waals surface area (Å²) in [6.07, 6.45) is 2.26. The van der Waals surface area contributed by atoms with Crippen molar-refractivity contribution in [1.82, 2.24) is 10.2 Å². The second-order valence-corrected chi connectivity index (χ2v) is 6.66. The molecule has 0 aromatic heterocycles. The van der Waals surface area contributed by atoms with Gasteiger partial charge in [0.1, 0.15) is 0 Å². The maximum Gasteiger partial charge on any atom is 0.240 e. The molecule has 1 aromatic rings. The SMILES string of the molecule is Cc1ccc(CN(C)C(=O)C2NCCCC2(C)C)cc1. The van der Waals surface area contributed by atoms with Gasteiger partial charge in [-0.3, -0.25) is 4.79 Å². The molecule has 1 atom stereocenters. The fourth-order valence-corrected chi connectivity index (χ4v) is 2.90. The van der Waals surface area contributed by atoms with Crippen molar-refractivity contribution >= 4 is 5.91 Å². The Bertz CT molecular complexity index is 464. The zero-order chi connectivity index (χ0) is 14.8. The molecule has 1 fully saturated rings. The molecule has 1 N–H and O–H groups in total. The predicted octanol–water partition coefficient (Wildman–Crippen LogP) is 2.73. The van der Waals surface area contributed by atoms with Crippen molar-refractivity contribution in [3.05, 3.63) is 35.4 Å². The van der Waals surface area contributed by atoms with Crippen molar-refractivity contribution in [3.63, 3.8) is 0 Å². The van der Waals surface area contributed by atoms with Crippen LogP contribution in [0, 0.1) is 12.3 Å². The highest BCUT2D eigenvalue weighted by Crippen LogP contribution is 2.31. The minimum atomic E-state index is -0.0632. The van der Waals surface area contributed by atoms with E-state index in [2.05, 4.69) is 50.4 Å². The number of nitrogens with zero attached hydrogens (tertiary/aromatic N) is 1. The number of hydrogen-bond donors (Lipinski definition) is 1. The van der Waals surface area contributed by atoms with Crippen LogP contribution >= 0.6 is 0 Å². The minimum Gasteiger partial charge on any atom is -0.340 e. The van der Waals surface area contributed by atoms with E-state index in [1.807, 2.05) is 11.9 Å². The monoisotopic (exact) mass is 274 g/mol. The van der Waals surface area contributed by atoms with Crippen molar-refractivity contribution in [3.8, 4) is 0 Å². The van der Waals surface area contributed by atoms with E-state index in [0.29, 0.717) is 6.54 Å². The Morgan fingerprint density at radius 2 is 2.00 bits per heavy atom. The van der Waals surface area contributed by atoms with Crippen LogP contribution < -0.4 is 5.32 Å². The fourth-order valence-electron chi connectivity index (χ4n) is 2.90. The summed E-state index contributed by atoms with van der Waals surface area (Å²) >= 11 is 0. The summed E-state index contributed by atoms with van der Waals surface area (Å²) in [4.78, 5) is 14.5. The van der Waals surface area contributed by atoms with E-state index in [9.17, 15) is 4.79 Å². The average molecular weight is 274 g/mol. The molecule has 1 unspecified atom stereocenters. The first kappa shape index (κ1) is 15.0. The van der Waals surface area contributed by atoms with Gasteiger partial charge in [0.05, 0.1) is 6.04 Å². The lowest BCUT2D eigenvalue weighted by molar-refractivity contribution is -0.136. The lowest BCUT2D eigenvalue weighted by Gasteiger charge is -2.40. The number of rotatable bonds is 3. The van der Waals surface area contributed by atoms with Gasteiger partial charge in [-0.2, -0.15) is 0 Å². The van der Waals surface area contributed by atoms with Crippen molar-refractivity contribution in [2.75, 3.05) is 13.6 Å². The van der Waals surface area contributed by atoms with E-state index < -0.39 is 0 Å². The highest BCUT2D eigenvalue weighted by Gasteiger charge is 2.38. The number of hydrogen-bond acceptors (Lipinski definition) is 2. The molecule has 1 aromatic carbocycles. The molecule has 1 saturated heterocycles. The van der Waals surface area contributed by atoms with Crippen LogP contribution in [0.4, 0.5) is 0 Å². The molecule has 0 aliphatic carbocycles. The standard InChI is InChI=1S/C17H26N2O/c1-13-6-8-14(9-7-13)12-19(4)16(20)15-17(2,3)10-5-11-18-15/h6-9,15,18H,5,10-12H2,1-4H3. The van der Waals surface area contributed by atoms with E-state index in [-0.39, 0.29) is 17.4 Å². The lowest BCUT2D eigenvalue weighted by Crippen LogP contribution is -2.55. The molecule has 0 spiro atoms. The highest BCUT2D eigenvalue weighted by atomic mass is 16.2. The molecule has 0 radical (unpaired) electrons. The molecule has 0 saturated carbocycles. The fraction of sp³-hybridized carbons (Fsp3) is 0.588. The van der Waals surface area contributed by atoms with Crippen molar-refractivity contribution in [2.45, 2.75) is 46.2 Å². The Labute approximate surface area is 122 Å². The number of likely N-dealkylation sites (N-methyl/N-ethyl adjacent to an activating group) is 1. The van der Waals surface area contributed by atoms with Crippen LogP contribution in [0.15, 0.2) is 24.3 Å². The van der Waals surface area contributed by atoms with Gasteiger partial charge < -0.3 is 10.2 Å². The third-order valence-corrected chi connectivity index (χ3v) is 4.29. The topological polar surface area (TPSA) is 32.3 Å². The van der Waals surface area contributed by atoms with Crippen molar-refractivity contribution in [2.24, 2.45) is 5.41 Å². The van der Waals surface area contributed by atoms with Gasteiger partial charge in [0.25, 0.3) is 0 Å². The van der Waals surface area contributed by atoms with Gasteiger partial charge >= 0.3 is 0 Å². The second-order valence-electron chi connectivity index (χ2n) is 6.66. The maximum absolute atomic E-state index is 12.6. The van der Waals surface area contributed by atoms with Crippen molar-refractivity contribution in [1.29, 1.82) is 0 Å². The normalized spacial score (nSPS) is 21.5. The molecule has 1 amide bonds. The number of piperidine rings is 1. The van der Waals surface area contributed by atoms with E-state index in [4.69, 9.17) is 0 Å². The van der Waals surface area contributed by atoms with Crippen LogP contribution in [0.1, 0.15) is 37.8 Å². The third kappa shape index (κ3) is 3.40. The lowest BCUT2D eigenvalue weighted by atomic mass is 9.77. The quantitative estimate of drug-likeness (QED) is 0.919. The smallest absolute Gasteiger partial charge is 0.240 e. The summed E-state index contributed by atoms with van der Waals surface area (Å²) in [5.74, 6) is 0.204. The van der Waals surface area contributed by atoms with Gasteiger partial charge in [0.15, 0.2) is 0 Å². The first-order valence-electron chi connectivity index (χ1n) is 7.44. The Kier molecular flexibility index (Phi) is 4.48. The molecular formula is C17H26N2O. The number of aryl methyl sites for hydroxylation is 1. The van der Waals surface area contributed by atoms with E-state index in [1.165, 1.54) is 11.1 Å². The zero-order valence-corrected chi connectivity index (χ0v) is 13.1. The van der Waals surface area contributed by atoms with Crippen LogP contribution in [0.25, 0.3) is 0 Å².